The summed E-state index contributed by atoms with van der Waals surface area (Å²) in [5, 5.41) is 15.6. The summed E-state index contributed by atoms with van der Waals surface area (Å²) in [7, 11) is 0. The molecular weight excluding hydrogens is 408 g/mol. The summed E-state index contributed by atoms with van der Waals surface area (Å²) in [4.78, 5) is 16.1. The maximum atomic E-state index is 10.7. The Bertz CT molecular complexity index is 1160. The first-order valence-electron chi connectivity index (χ1n) is 9.52. The highest BCUT2D eigenvalue weighted by Gasteiger charge is 2.14. The lowest BCUT2D eigenvalue weighted by Gasteiger charge is -2.02. The number of allylic oxidation sites excluding steroid dienone is 1. The van der Waals surface area contributed by atoms with Crippen LogP contribution in [0.2, 0.25) is 0 Å². The molecule has 0 bridgehead atoms. The molecule has 0 atom stereocenters. The first-order chi connectivity index (χ1) is 15.2. The van der Waals surface area contributed by atoms with Crippen molar-refractivity contribution in [2.45, 2.75) is 0 Å². The van der Waals surface area contributed by atoms with E-state index in [-0.39, 0.29) is 5.69 Å². The van der Waals surface area contributed by atoms with E-state index in [1.807, 2.05) is 54.6 Å². The monoisotopic (exact) mass is 426 g/mol. The van der Waals surface area contributed by atoms with E-state index >= 15 is 0 Å². The molecule has 7 heteroatoms. The zero-order valence-electron chi connectivity index (χ0n) is 16.4. The quantitative estimate of drug-likeness (QED) is 0.208. The van der Waals surface area contributed by atoms with Gasteiger partial charge < -0.3 is 0 Å². The van der Waals surface area contributed by atoms with Crippen molar-refractivity contribution < 1.29 is 4.92 Å². The van der Waals surface area contributed by atoms with Gasteiger partial charge in [-0.15, -0.1) is 0 Å². The van der Waals surface area contributed by atoms with Crippen molar-refractivity contribution in [3.8, 4) is 21.7 Å². The largest absolute Gasteiger partial charge is 0.269 e. The van der Waals surface area contributed by atoms with Crippen LogP contribution in [0.4, 0.5) is 10.8 Å². The molecule has 0 aliphatic heterocycles. The Balaban J connectivity index is 1.50. The van der Waals surface area contributed by atoms with Crippen LogP contribution in [0.1, 0.15) is 5.56 Å². The summed E-state index contributed by atoms with van der Waals surface area (Å²) in [5.41, 5.74) is 6.98. The van der Waals surface area contributed by atoms with Gasteiger partial charge in [0.15, 0.2) is 0 Å². The van der Waals surface area contributed by atoms with E-state index in [1.54, 1.807) is 35.8 Å². The van der Waals surface area contributed by atoms with Crippen LogP contribution in [0.3, 0.4) is 0 Å². The number of thiazole rings is 1. The van der Waals surface area contributed by atoms with Gasteiger partial charge in [0.2, 0.25) is 5.13 Å². The van der Waals surface area contributed by atoms with Gasteiger partial charge in [0, 0.05) is 23.9 Å². The fourth-order valence-corrected chi connectivity index (χ4v) is 3.88. The van der Waals surface area contributed by atoms with Crippen molar-refractivity contribution >= 4 is 34.4 Å². The van der Waals surface area contributed by atoms with Crippen LogP contribution in [0.25, 0.3) is 27.8 Å². The predicted molar refractivity (Wildman–Crippen MR) is 127 cm³/mol. The van der Waals surface area contributed by atoms with Gasteiger partial charge in [-0.25, -0.2) is 4.98 Å². The van der Waals surface area contributed by atoms with Crippen LogP contribution >= 0.6 is 11.3 Å². The number of hydrogen-bond acceptors (Lipinski definition) is 6. The molecule has 0 saturated carbocycles. The first-order valence-corrected chi connectivity index (χ1v) is 10.3. The number of anilines is 1. The summed E-state index contributed by atoms with van der Waals surface area (Å²) in [5.74, 6) is 0. The SMILES string of the molecule is O=[N+]([O-])c1ccc(/C=C/C=N/Nc2nc(-c3ccccc3)c(-c3ccccc3)s2)cc1. The number of aromatic nitrogens is 1. The van der Waals surface area contributed by atoms with Crippen molar-refractivity contribution in [3.05, 3.63) is 107 Å². The minimum Gasteiger partial charge on any atom is -0.258 e. The van der Waals surface area contributed by atoms with Gasteiger partial charge >= 0.3 is 0 Å². The molecule has 0 amide bonds. The first kappa shape index (κ1) is 20.2. The Labute approximate surface area is 183 Å². The second-order valence-electron chi connectivity index (χ2n) is 6.53. The second kappa shape index (κ2) is 9.60. The molecule has 3 aromatic carbocycles. The summed E-state index contributed by atoms with van der Waals surface area (Å²) < 4.78 is 0. The standard InChI is InChI=1S/C24H18N4O2S/c29-28(30)21-15-13-18(14-16-21)8-7-17-25-27-24-26-22(19-9-3-1-4-10-19)23(31-24)20-11-5-2-6-12-20/h1-17H,(H,26,27)/b8-7+,25-17+. The second-order valence-corrected chi connectivity index (χ2v) is 7.53. The van der Waals surface area contributed by atoms with Crippen LogP contribution in [-0.4, -0.2) is 16.1 Å². The van der Waals surface area contributed by atoms with Gasteiger partial charge in [-0.05, 0) is 29.3 Å². The Hall–Kier alpha value is -4.10. The van der Waals surface area contributed by atoms with E-state index in [2.05, 4.69) is 22.7 Å². The zero-order valence-corrected chi connectivity index (χ0v) is 17.2. The fraction of sp³-hybridized carbons (Fsp3) is 0. The topological polar surface area (TPSA) is 80.4 Å². The molecule has 1 N–H and O–H groups in total. The molecule has 0 aliphatic carbocycles. The molecule has 31 heavy (non-hydrogen) atoms. The molecule has 4 aromatic rings. The van der Waals surface area contributed by atoms with Crippen molar-refractivity contribution in [2.24, 2.45) is 5.10 Å². The van der Waals surface area contributed by atoms with Gasteiger partial charge in [-0.2, -0.15) is 5.10 Å². The number of rotatable bonds is 7. The molecule has 0 radical (unpaired) electrons. The molecule has 1 aromatic heterocycles. The summed E-state index contributed by atoms with van der Waals surface area (Å²) in [6, 6.07) is 26.5. The Kier molecular flexibility index (Phi) is 6.25. The number of benzene rings is 3. The fourth-order valence-electron chi connectivity index (χ4n) is 2.94. The van der Waals surface area contributed by atoms with E-state index in [0.717, 1.165) is 27.3 Å². The lowest BCUT2D eigenvalue weighted by Crippen LogP contribution is -1.88. The van der Waals surface area contributed by atoms with Crippen LogP contribution in [-0.2, 0) is 0 Å². The number of nitrogens with zero attached hydrogens (tertiary/aromatic N) is 3. The van der Waals surface area contributed by atoms with Crippen LogP contribution in [0.15, 0.2) is 96.1 Å². The van der Waals surface area contributed by atoms with Crippen molar-refractivity contribution in [1.82, 2.24) is 4.98 Å². The number of non-ortho nitro benzene ring substituents is 1. The maximum Gasteiger partial charge on any atom is 0.269 e. The Morgan fingerprint density at radius 1 is 0.903 bits per heavy atom. The van der Waals surface area contributed by atoms with Gasteiger partial charge in [-0.3, -0.25) is 15.5 Å². The third kappa shape index (κ3) is 5.09. The minimum atomic E-state index is -0.416. The van der Waals surface area contributed by atoms with Gasteiger partial charge in [0.1, 0.15) is 0 Å². The lowest BCUT2D eigenvalue weighted by molar-refractivity contribution is -0.384. The van der Waals surface area contributed by atoms with E-state index in [4.69, 9.17) is 4.98 Å². The third-order valence-electron chi connectivity index (χ3n) is 4.42. The number of nitro groups is 1. The van der Waals surface area contributed by atoms with Gasteiger partial charge in [-0.1, -0.05) is 78.1 Å². The Morgan fingerprint density at radius 3 is 2.19 bits per heavy atom. The van der Waals surface area contributed by atoms with Crippen molar-refractivity contribution in [2.75, 3.05) is 5.43 Å². The average molecular weight is 427 g/mol. The highest BCUT2D eigenvalue weighted by Crippen LogP contribution is 2.38. The minimum absolute atomic E-state index is 0.0692. The highest BCUT2D eigenvalue weighted by atomic mass is 32.1. The zero-order chi connectivity index (χ0) is 21.5. The summed E-state index contributed by atoms with van der Waals surface area (Å²) in [6.45, 7) is 0. The molecule has 0 spiro atoms. The van der Waals surface area contributed by atoms with Gasteiger partial charge in [0.05, 0.1) is 15.5 Å². The lowest BCUT2D eigenvalue weighted by atomic mass is 10.1. The molecular formula is C24H18N4O2S. The molecule has 152 valence electrons. The molecule has 0 saturated heterocycles. The normalized spacial score (nSPS) is 11.2. The number of hydrogen-bond donors (Lipinski definition) is 1. The van der Waals surface area contributed by atoms with Crippen molar-refractivity contribution in [1.29, 1.82) is 0 Å². The number of hydrazone groups is 1. The van der Waals surface area contributed by atoms with E-state index in [9.17, 15) is 10.1 Å². The third-order valence-corrected chi connectivity index (χ3v) is 5.43. The van der Waals surface area contributed by atoms with Crippen LogP contribution in [0, 0.1) is 10.1 Å². The van der Waals surface area contributed by atoms with E-state index in [1.165, 1.54) is 12.1 Å². The van der Waals surface area contributed by atoms with Crippen molar-refractivity contribution in [3.63, 3.8) is 0 Å². The molecule has 1 heterocycles. The predicted octanol–water partition coefficient (Wildman–Crippen LogP) is 6.50. The molecule has 0 fully saturated rings. The van der Waals surface area contributed by atoms with Crippen LogP contribution < -0.4 is 5.43 Å². The highest BCUT2D eigenvalue weighted by molar-refractivity contribution is 7.19. The number of nitro benzene ring substituents is 1. The molecule has 6 nitrogen and oxygen atoms in total. The molecule has 4 rings (SSSR count). The van der Waals surface area contributed by atoms with Gasteiger partial charge in [0.25, 0.3) is 5.69 Å². The maximum absolute atomic E-state index is 10.7. The van der Waals surface area contributed by atoms with E-state index < -0.39 is 4.92 Å². The summed E-state index contributed by atoms with van der Waals surface area (Å²) in [6.07, 6.45) is 5.20. The average Bonchev–Trinajstić information content (AvgIpc) is 3.24. The smallest absolute Gasteiger partial charge is 0.258 e. The van der Waals surface area contributed by atoms with E-state index in [0.29, 0.717) is 5.13 Å². The summed E-state index contributed by atoms with van der Waals surface area (Å²) >= 11 is 1.54. The molecule has 0 unspecified atom stereocenters. The van der Waals surface area contributed by atoms with Crippen LogP contribution in [0.5, 0.6) is 0 Å². The number of nitrogens with one attached hydrogen (secondary N) is 1. The molecule has 0 aliphatic rings. The Morgan fingerprint density at radius 2 is 1.55 bits per heavy atom.